The number of carbonyl (C=O) groups is 1. The maximum absolute atomic E-state index is 11.7. The van der Waals surface area contributed by atoms with Crippen molar-refractivity contribution < 1.29 is 19.0 Å². The Hall–Kier alpha value is -0.610. The number of rotatable bonds is 1. The zero-order valence-electron chi connectivity index (χ0n) is 9.36. The van der Waals surface area contributed by atoms with E-state index >= 15 is 0 Å². The molecule has 0 spiro atoms. The van der Waals surface area contributed by atoms with E-state index in [1.807, 2.05) is 27.2 Å². The molecule has 0 aromatic heterocycles. The molecular formula is C11H17O4. The molecule has 2 aliphatic rings. The van der Waals surface area contributed by atoms with E-state index in [4.69, 9.17) is 14.2 Å². The van der Waals surface area contributed by atoms with Crippen LogP contribution in [0.25, 0.3) is 0 Å². The van der Waals surface area contributed by atoms with Crippen molar-refractivity contribution in [2.75, 3.05) is 13.2 Å². The molecule has 15 heavy (non-hydrogen) atoms. The van der Waals surface area contributed by atoms with E-state index in [9.17, 15) is 4.79 Å². The molecule has 1 radical (unpaired) electrons. The average Bonchev–Trinajstić information content (AvgIpc) is 2.67. The molecule has 0 bridgehead atoms. The Morgan fingerprint density at radius 2 is 2.13 bits per heavy atom. The summed E-state index contributed by atoms with van der Waals surface area (Å²) >= 11 is 0. The molecule has 2 saturated heterocycles. The molecule has 0 aromatic carbocycles. The van der Waals surface area contributed by atoms with Gasteiger partial charge in [-0.1, -0.05) is 0 Å². The Morgan fingerprint density at radius 3 is 2.80 bits per heavy atom. The van der Waals surface area contributed by atoms with Gasteiger partial charge in [0.2, 0.25) is 0 Å². The molecule has 0 aliphatic carbocycles. The van der Waals surface area contributed by atoms with Crippen LogP contribution in [-0.4, -0.2) is 37.5 Å². The van der Waals surface area contributed by atoms with Gasteiger partial charge < -0.3 is 14.2 Å². The second-order valence-corrected chi connectivity index (χ2v) is 5.03. The van der Waals surface area contributed by atoms with Crippen molar-refractivity contribution in [2.45, 2.75) is 39.1 Å². The summed E-state index contributed by atoms with van der Waals surface area (Å²) in [6.45, 7) is 6.53. The van der Waals surface area contributed by atoms with E-state index in [1.54, 1.807) is 0 Å². The van der Waals surface area contributed by atoms with Crippen molar-refractivity contribution in [1.82, 2.24) is 0 Å². The quantitative estimate of drug-likeness (QED) is 0.608. The summed E-state index contributed by atoms with van der Waals surface area (Å²) in [6, 6.07) is 0. The molecule has 2 fully saturated rings. The van der Waals surface area contributed by atoms with Crippen LogP contribution in [0.2, 0.25) is 0 Å². The predicted octanol–water partition coefficient (Wildman–Crippen LogP) is 0.946. The highest BCUT2D eigenvalue weighted by molar-refractivity contribution is 5.75. The second-order valence-electron chi connectivity index (χ2n) is 5.03. The van der Waals surface area contributed by atoms with Gasteiger partial charge in [0, 0.05) is 6.42 Å². The molecular weight excluding hydrogens is 196 g/mol. The van der Waals surface area contributed by atoms with E-state index in [0.717, 1.165) is 0 Å². The van der Waals surface area contributed by atoms with Crippen LogP contribution in [0, 0.1) is 11.8 Å². The highest BCUT2D eigenvalue weighted by Gasteiger charge is 2.45. The van der Waals surface area contributed by atoms with Gasteiger partial charge in [-0.15, -0.1) is 0 Å². The maximum atomic E-state index is 11.7. The topological polar surface area (TPSA) is 44.8 Å². The highest BCUT2D eigenvalue weighted by Crippen LogP contribution is 2.29. The number of esters is 1. The molecule has 0 aromatic rings. The fraction of sp³-hybridized carbons (Fsp3) is 0.818. The van der Waals surface area contributed by atoms with Gasteiger partial charge in [0.05, 0.1) is 24.7 Å². The van der Waals surface area contributed by atoms with Crippen molar-refractivity contribution in [2.24, 2.45) is 5.41 Å². The summed E-state index contributed by atoms with van der Waals surface area (Å²) in [5.41, 5.74) is -0.472. The fourth-order valence-electron chi connectivity index (χ4n) is 1.69. The normalized spacial score (nSPS) is 35.3. The molecule has 3 atom stereocenters. The Morgan fingerprint density at radius 1 is 1.40 bits per heavy atom. The van der Waals surface area contributed by atoms with Gasteiger partial charge in [-0.25, -0.2) is 0 Å². The third-order valence-corrected chi connectivity index (χ3v) is 2.63. The van der Waals surface area contributed by atoms with Crippen LogP contribution < -0.4 is 0 Å². The average molecular weight is 213 g/mol. The lowest BCUT2D eigenvalue weighted by Crippen LogP contribution is -2.36. The van der Waals surface area contributed by atoms with Gasteiger partial charge in [0.1, 0.15) is 6.10 Å². The zero-order chi connectivity index (χ0) is 11.1. The third-order valence-electron chi connectivity index (χ3n) is 2.63. The van der Waals surface area contributed by atoms with Crippen LogP contribution in [-0.2, 0) is 19.0 Å². The summed E-state index contributed by atoms with van der Waals surface area (Å²) < 4.78 is 16.3. The summed E-state index contributed by atoms with van der Waals surface area (Å²) in [4.78, 5) is 11.7. The number of ether oxygens (including phenoxy) is 3. The van der Waals surface area contributed by atoms with Gasteiger partial charge in [-0.3, -0.25) is 4.79 Å². The Bertz CT molecular complexity index is 256. The summed E-state index contributed by atoms with van der Waals surface area (Å²) in [5, 5.41) is 0. The molecule has 0 amide bonds. The van der Waals surface area contributed by atoms with Crippen molar-refractivity contribution in [3.63, 3.8) is 0 Å². The predicted molar refractivity (Wildman–Crippen MR) is 53.1 cm³/mol. The molecule has 2 aliphatic heterocycles. The van der Waals surface area contributed by atoms with E-state index in [1.165, 1.54) is 0 Å². The minimum atomic E-state index is -0.472. The number of hydrogen-bond donors (Lipinski definition) is 0. The van der Waals surface area contributed by atoms with E-state index in [0.29, 0.717) is 13.2 Å². The second kappa shape index (κ2) is 3.76. The van der Waals surface area contributed by atoms with Crippen LogP contribution in [0.15, 0.2) is 0 Å². The third kappa shape index (κ3) is 2.16. The first-order chi connectivity index (χ1) is 6.98. The Balaban J connectivity index is 1.93. The first-order valence-corrected chi connectivity index (χ1v) is 5.26. The van der Waals surface area contributed by atoms with Gasteiger partial charge in [0.15, 0.2) is 6.10 Å². The number of hydrogen-bond acceptors (Lipinski definition) is 4. The van der Waals surface area contributed by atoms with Crippen LogP contribution in [0.4, 0.5) is 0 Å². The van der Waals surface area contributed by atoms with Crippen molar-refractivity contribution in [3.05, 3.63) is 6.42 Å². The molecule has 0 saturated carbocycles. The Labute approximate surface area is 89.9 Å². The molecule has 85 valence electrons. The lowest BCUT2D eigenvalue weighted by Gasteiger charge is -2.22. The molecule has 4 heteroatoms. The van der Waals surface area contributed by atoms with Gasteiger partial charge >= 0.3 is 5.97 Å². The highest BCUT2D eigenvalue weighted by atomic mass is 16.6. The fourth-order valence-corrected chi connectivity index (χ4v) is 1.69. The van der Waals surface area contributed by atoms with Gasteiger partial charge in [-0.05, 0) is 20.8 Å². The standard InChI is InChI=1S/C11H17O4/c1-11(2,3)10(12)15-8-6-14-7-4-5-13-9(7)8/h4,7-9H,5-6H2,1-3H3/t7-,8-,9-/m1/s1. The summed E-state index contributed by atoms with van der Waals surface area (Å²) in [5.74, 6) is -0.202. The van der Waals surface area contributed by atoms with Gasteiger partial charge in [0.25, 0.3) is 0 Å². The first kappa shape index (κ1) is 10.9. The minimum absolute atomic E-state index is 0.00256. The first-order valence-electron chi connectivity index (χ1n) is 5.26. The van der Waals surface area contributed by atoms with Crippen molar-refractivity contribution in [3.8, 4) is 0 Å². The van der Waals surface area contributed by atoms with Gasteiger partial charge in [-0.2, -0.15) is 0 Å². The van der Waals surface area contributed by atoms with E-state index < -0.39 is 5.41 Å². The monoisotopic (exact) mass is 213 g/mol. The zero-order valence-corrected chi connectivity index (χ0v) is 9.36. The smallest absolute Gasteiger partial charge is 0.311 e. The number of fused-ring (bicyclic) bond motifs is 1. The molecule has 2 rings (SSSR count). The number of carbonyl (C=O) groups excluding carboxylic acids is 1. The van der Waals surface area contributed by atoms with Crippen LogP contribution in [0.1, 0.15) is 20.8 Å². The SMILES string of the molecule is CC(C)(C)C(=O)O[C@@H]1CO[C@@H]2[CH]CO[C@H]21. The minimum Gasteiger partial charge on any atom is -0.457 e. The Kier molecular flexibility index (Phi) is 2.73. The summed E-state index contributed by atoms with van der Waals surface area (Å²) in [6.07, 6.45) is 1.62. The lowest BCUT2D eigenvalue weighted by molar-refractivity contribution is -0.163. The van der Waals surface area contributed by atoms with E-state index in [2.05, 4.69) is 0 Å². The summed E-state index contributed by atoms with van der Waals surface area (Å²) in [7, 11) is 0. The molecule has 0 unspecified atom stereocenters. The molecule has 4 nitrogen and oxygen atoms in total. The lowest BCUT2D eigenvalue weighted by atomic mass is 9.97. The van der Waals surface area contributed by atoms with Crippen LogP contribution in [0.3, 0.4) is 0 Å². The molecule has 0 N–H and O–H groups in total. The molecule has 2 heterocycles. The van der Waals surface area contributed by atoms with Crippen molar-refractivity contribution >= 4 is 5.97 Å². The van der Waals surface area contributed by atoms with E-state index in [-0.39, 0.29) is 24.3 Å². The van der Waals surface area contributed by atoms with Crippen molar-refractivity contribution in [1.29, 1.82) is 0 Å². The maximum Gasteiger partial charge on any atom is 0.311 e. The largest absolute Gasteiger partial charge is 0.457 e. The van der Waals surface area contributed by atoms with Crippen LogP contribution in [0.5, 0.6) is 0 Å². The van der Waals surface area contributed by atoms with Crippen LogP contribution >= 0.6 is 0 Å².